The first-order valence-corrected chi connectivity index (χ1v) is 12.6. The van der Waals surface area contributed by atoms with Gasteiger partial charge in [-0.3, -0.25) is 4.55 Å². The van der Waals surface area contributed by atoms with Gasteiger partial charge in [0, 0.05) is 0 Å². The topological polar surface area (TPSA) is 54.4 Å². The molecule has 0 heterocycles. The molecule has 0 unspecified atom stereocenters. The Morgan fingerprint density at radius 1 is 0.724 bits per heavy atom. The van der Waals surface area contributed by atoms with Crippen LogP contribution in [-0.2, 0) is 10.1 Å². The molecule has 0 aliphatic carbocycles. The highest BCUT2D eigenvalue weighted by Crippen LogP contribution is 2.16. The summed E-state index contributed by atoms with van der Waals surface area (Å²) in [6.45, 7) is 16.9. The number of aryl methyl sites for hydroxylation is 1. The number of nitrogens with zero attached hydrogens (tertiary/aromatic N) is 1. The third kappa shape index (κ3) is 13.8. The number of hydrogen-bond donors (Lipinski definition) is 1. The van der Waals surface area contributed by atoms with Crippen molar-refractivity contribution < 1.29 is 22.2 Å². The van der Waals surface area contributed by atoms with Gasteiger partial charge >= 0.3 is 0 Å². The first kappa shape index (κ1) is 30.2. The number of quaternary nitrogens is 1. The summed E-state index contributed by atoms with van der Waals surface area (Å²) < 4.78 is 31.0. The molecular formula is C23H44FNO3S. The van der Waals surface area contributed by atoms with Crippen LogP contribution in [0.15, 0.2) is 29.2 Å². The molecule has 0 aliphatic heterocycles. The normalized spacial score (nSPS) is 11.4. The van der Waals surface area contributed by atoms with Gasteiger partial charge in [0.1, 0.15) is 0 Å². The largest absolute Gasteiger partial charge is 1.00 e. The van der Waals surface area contributed by atoms with Crippen LogP contribution in [0.3, 0.4) is 0 Å². The number of halogens is 1. The second-order valence-electron chi connectivity index (χ2n) is 7.94. The Labute approximate surface area is 179 Å². The highest BCUT2D eigenvalue weighted by Gasteiger charge is 2.24. The molecule has 0 spiro atoms. The van der Waals surface area contributed by atoms with Crippen LogP contribution >= 0.6 is 0 Å². The van der Waals surface area contributed by atoms with E-state index in [0.717, 1.165) is 5.56 Å². The maximum Gasteiger partial charge on any atom is 0.294 e. The van der Waals surface area contributed by atoms with Crippen LogP contribution in [0, 0.1) is 6.92 Å². The minimum atomic E-state index is -4.02. The number of unbranched alkanes of at least 4 members (excludes halogenated alkanes) is 4. The Morgan fingerprint density at radius 3 is 1.28 bits per heavy atom. The lowest BCUT2D eigenvalue weighted by atomic mass is 10.1. The maximum atomic E-state index is 10.5. The zero-order valence-electron chi connectivity index (χ0n) is 19.3. The number of rotatable bonds is 13. The molecule has 0 saturated carbocycles. The molecule has 172 valence electrons. The first-order valence-electron chi connectivity index (χ1n) is 11.1. The molecule has 0 amide bonds. The summed E-state index contributed by atoms with van der Waals surface area (Å²) in [5, 5.41) is 0. The Kier molecular flexibility index (Phi) is 17.5. The minimum absolute atomic E-state index is 0. The summed E-state index contributed by atoms with van der Waals surface area (Å²) in [7, 11) is -4.02. The van der Waals surface area contributed by atoms with E-state index < -0.39 is 10.1 Å². The SMILES string of the molecule is CCCC[N+](CCCC)(CCCC)CCCC.Cc1ccc(S(=O)(=O)O)cc1.[F-]. The van der Waals surface area contributed by atoms with Crippen molar-refractivity contribution in [3.63, 3.8) is 0 Å². The van der Waals surface area contributed by atoms with Crippen molar-refractivity contribution in [3.05, 3.63) is 29.8 Å². The van der Waals surface area contributed by atoms with Gasteiger partial charge in [-0.25, -0.2) is 0 Å². The van der Waals surface area contributed by atoms with E-state index in [1.165, 1.54) is 94.2 Å². The first-order chi connectivity index (χ1) is 13.2. The van der Waals surface area contributed by atoms with Gasteiger partial charge in [-0.2, -0.15) is 8.42 Å². The summed E-state index contributed by atoms with van der Waals surface area (Å²) in [4.78, 5) is -0.0666. The van der Waals surface area contributed by atoms with Gasteiger partial charge in [0.25, 0.3) is 10.1 Å². The van der Waals surface area contributed by atoms with Crippen molar-refractivity contribution in [3.8, 4) is 0 Å². The maximum absolute atomic E-state index is 10.5. The molecule has 0 aromatic heterocycles. The average molecular weight is 434 g/mol. The number of hydrogen-bond acceptors (Lipinski definition) is 2. The molecule has 29 heavy (non-hydrogen) atoms. The van der Waals surface area contributed by atoms with Crippen molar-refractivity contribution in [2.45, 2.75) is 90.9 Å². The van der Waals surface area contributed by atoms with Gasteiger partial charge in [-0.1, -0.05) is 71.1 Å². The Bertz CT molecular complexity index is 566. The summed E-state index contributed by atoms with van der Waals surface area (Å²) >= 11 is 0. The lowest BCUT2D eigenvalue weighted by Crippen LogP contribution is -3.00. The zero-order chi connectivity index (χ0) is 21.5. The fourth-order valence-corrected chi connectivity index (χ4v) is 3.84. The van der Waals surface area contributed by atoms with Gasteiger partial charge in [-0.15, -0.1) is 0 Å². The van der Waals surface area contributed by atoms with Crippen LogP contribution in [0.25, 0.3) is 0 Å². The molecule has 1 aromatic carbocycles. The molecule has 6 heteroatoms. The van der Waals surface area contributed by atoms with Gasteiger partial charge in [0.05, 0.1) is 31.1 Å². The van der Waals surface area contributed by atoms with Gasteiger partial charge in [0.15, 0.2) is 0 Å². The van der Waals surface area contributed by atoms with E-state index in [1.54, 1.807) is 12.1 Å². The second kappa shape index (κ2) is 16.8. The zero-order valence-corrected chi connectivity index (χ0v) is 20.1. The van der Waals surface area contributed by atoms with Crippen molar-refractivity contribution in [1.29, 1.82) is 0 Å². The second-order valence-corrected chi connectivity index (χ2v) is 9.36. The van der Waals surface area contributed by atoms with E-state index in [-0.39, 0.29) is 9.60 Å². The standard InChI is InChI=1S/C16H36N.C7H8O3S.FH/c1-5-9-13-17(14-10-6-2,15-11-7-3)16-12-8-4;1-6-2-4-7(5-3-6)11(8,9)10;/h5-16H2,1-4H3;2-5H,1H3,(H,8,9,10);1H/q+1;;/p-1. The van der Waals surface area contributed by atoms with Crippen LogP contribution in [0.4, 0.5) is 0 Å². The summed E-state index contributed by atoms with van der Waals surface area (Å²) in [6, 6.07) is 5.99. The Balaban J connectivity index is 0. The Hall–Kier alpha value is -0.980. The molecule has 1 aromatic rings. The van der Waals surface area contributed by atoms with Crippen LogP contribution in [0.1, 0.15) is 84.6 Å². The molecule has 0 aliphatic rings. The highest BCUT2D eigenvalue weighted by atomic mass is 32.2. The fourth-order valence-electron chi connectivity index (χ4n) is 3.36. The van der Waals surface area contributed by atoms with Crippen molar-refractivity contribution >= 4 is 10.1 Å². The van der Waals surface area contributed by atoms with E-state index in [2.05, 4.69) is 27.7 Å². The molecule has 1 N–H and O–H groups in total. The average Bonchev–Trinajstić information content (AvgIpc) is 2.67. The predicted octanol–water partition coefficient (Wildman–Crippen LogP) is 3.25. The van der Waals surface area contributed by atoms with Gasteiger partial charge in [0.2, 0.25) is 0 Å². The summed E-state index contributed by atoms with van der Waals surface area (Å²) in [5.41, 5.74) is 0.956. The molecule has 4 nitrogen and oxygen atoms in total. The molecule has 0 fully saturated rings. The molecule has 0 bridgehead atoms. The smallest absolute Gasteiger partial charge is 0.294 e. The molecule has 1 rings (SSSR count). The lowest BCUT2D eigenvalue weighted by molar-refractivity contribution is -0.929. The van der Waals surface area contributed by atoms with Gasteiger partial charge in [-0.05, 0) is 44.7 Å². The lowest BCUT2D eigenvalue weighted by Gasteiger charge is -2.39. The molecule has 0 atom stereocenters. The summed E-state index contributed by atoms with van der Waals surface area (Å²) in [6.07, 6.45) is 11.1. The monoisotopic (exact) mass is 433 g/mol. The van der Waals surface area contributed by atoms with E-state index in [1.807, 2.05) is 6.92 Å². The fraction of sp³-hybridized carbons (Fsp3) is 0.739. The quantitative estimate of drug-likeness (QED) is 0.384. The van der Waals surface area contributed by atoms with E-state index in [0.29, 0.717) is 0 Å². The number of benzene rings is 1. The predicted molar refractivity (Wildman–Crippen MR) is 120 cm³/mol. The van der Waals surface area contributed by atoms with Crippen LogP contribution in [0.2, 0.25) is 0 Å². The summed E-state index contributed by atoms with van der Waals surface area (Å²) in [5.74, 6) is 0. The van der Waals surface area contributed by atoms with Crippen LogP contribution in [-0.4, -0.2) is 43.6 Å². The van der Waals surface area contributed by atoms with E-state index in [4.69, 9.17) is 4.55 Å². The highest BCUT2D eigenvalue weighted by molar-refractivity contribution is 7.85. The molecule has 0 saturated heterocycles. The van der Waals surface area contributed by atoms with Crippen molar-refractivity contribution in [1.82, 2.24) is 0 Å². The Morgan fingerprint density at radius 2 is 1.03 bits per heavy atom. The minimum Gasteiger partial charge on any atom is -1.00 e. The van der Waals surface area contributed by atoms with E-state index >= 15 is 0 Å². The van der Waals surface area contributed by atoms with Crippen LogP contribution in [0.5, 0.6) is 0 Å². The molecular weight excluding hydrogens is 389 g/mol. The van der Waals surface area contributed by atoms with Crippen LogP contribution < -0.4 is 4.70 Å². The van der Waals surface area contributed by atoms with Gasteiger partial charge < -0.3 is 9.19 Å². The van der Waals surface area contributed by atoms with Crippen molar-refractivity contribution in [2.75, 3.05) is 26.2 Å². The molecule has 0 radical (unpaired) electrons. The third-order valence-corrected chi connectivity index (χ3v) is 6.13. The third-order valence-electron chi connectivity index (χ3n) is 5.26. The van der Waals surface area contributed by atoms with E-state index in [9.17, 15) is 8.42 Å². The van der Waals surface area contributed by atoms with Crippen molar-refractivity contribution in [2.24, 2.45) is 0 Å².